The normalized spacial score (nSPS) is 30.7. The lowest BCUT2D eigenvalue weighted by Gasteiger charge is -2.47. The highest BCUT2D eigenvalue weighted by Crippen LogP contribution is 2.29. The summed E-state index contributed by atoms with van der Waals surface area (Å²) in [6.45, 7) is 6.71. The van der Waals surface area contributed by atoms with Crippen LogP contribution >= 0.6 is 0 Å². The van der Waals surface area contributed by atoms with Gasteiger partial charge in [0.2, 0.25) is 0 Å². The average molecular weight is 222 g/mol. The van der Waals surface area contributed by atoms with E-state index in [2.05, 4.69) is 19.1 Å². The first-order valence-corrected chi connectivity index (χ1v) is 7.38. The quantitative estimate of drug-likeness (QED) is 0.491. The van der Waals surface area contributed by atoms with Crippen molar-refractivity contribution in [2.45, 2.75) is 64.3 Å². The Morgan fingerprint density at radius 1 is 0.938 bits per heavy atom. The molecule has 1 unspecified atom stereocenters. The molecule has 0 radical (unpaired) electrons. The van der Waals surface area contributed by atoms with Gasteiger partial charge < -0.3 is 4.48 Å². The van der Waals surface area contributed by atoms with Crippen LogP contribution in [0.15, 0.2) is 12.2 Å². The number of rotatable bonds is 2. The van der Waals surface area contributed by atoms with E-state index >= 15 is 0 Å². The molecular weight excluding hydrogens is 194 g/mol. The Hall–Kier alpha value is -0.300. The minimum Gasteiger partial charge on any atom is -0.321 e. The van der Waals surface area contributed by atoms with Crippen LogP contribution in [0.3, 0.4) is 0 Å². The summed E-state index contributed by atoms with van der Waals surface area (Å²) in [5.74, 6) is 0. The summed E-state index contributed by atoms with van der Waals surface area (Å²) in [5.41, 5.74) is 0. The lowest BCUT2D eigenvalue weighted by molar-refractivity contribution is -0.954. The van der Waals surface area contributed by atoms with Gasteiger partial charge in [0.15, 0.2) is 0 Å². The second kappa shape index (κ2) is 5.86. The van der Waals surface area contributed by atoms with Crippen LogP contribution in [-0.4, -0.2) is 30.2 Å². The van der Waals surface area contributed by atoms with Crippen LogP contribution in [0, 0.1) is 0 Å². The van der Waals surface area contributed by atoms with Gasteiger partial charge in [-0.3, -0.25) is 0 Å². The molecule has 2 rings (SSSR count). The second-order valence-electron chi connectivity index (χ2n) is 5.68. The van der Waals surface area contributed by atoms with Crippen LogP contribution < -0.4 is 0 Å². The van der Waals surface area contributed by atoms with Crippen molar-refractivity contribution in [3.63, 3.8) is 0 Å². The third kappa shape index (κ3) is 2.68. The molecule has 1 fully saturated rings. The van der Waals surface area contributed by atoms with E-state index < -0.39 is 0 Å². The largest absolute Gasteiger partial charge is 0.321 e. The molecule has 1 aliphatic carbocycles. The first-order chi connectivity index (χ1) is 7.87. The summed E-state index contributed by atoms with van der Waals surface area (Å²) < 4.78 is 1.45. The fourth-order valence-electron chi connectivity index (χ4n) is 3.77. The van der Waals surface area contributed by atoms with Gasteiger partial charge in [-0.05, 0) is 51.9 Å². The summed E-state index contributed by atoms with van der Waals surface area (Å²) in [7, 11) is 0. The number of likely N-dealkylation sites (tertiary alicyclic amines) is 1. The average Bonchev–Trinajstić information content (AvgIpc) is 2.29. The minimum absolute atomic E-state index is 0.968. The maximum Gasteiger partial charge on any atom is 0.0893 e. The Balaban J connectivity index is 2.03. The maximum absolute atomic E-state index is 2.42. The fraction of sp³-hybridized carbons (Fsp3) is 0.867. The second-order valence-corrected chi connectivity index (χ2v) is 5.68. The first kappa shape index (κ1) is 12.2. The molecule has 1 heteroatoms. The molecule has 1 atom stereocenters. The lowest BCUT2D eigenvalue weighted by atomic mass is 9.94. The summed E-state index contributed by atoms with van der Waals surface area (Å²) in [5, 5.41) is 0. The molecule has 0 bridgehead atoms. The van der Waals surface area contributed by atoms with E-state index in [4.69, 9.17) is 0 Å². The molecule has 0 N–H and O–H groups in total. The van der Waals surface area contributed by atoms with Gasteiger partial charge >= 0.3 is 0 Å². The van der Waals surface area contributed by atoms with Crippen molar-refractivity contribution in [2.24, 2.45) is 0 Å². The van der Waals surface area contributed by atoms with Crippen LogP contribution in [0.4, 0.5) is 0 Å². The molecule has 1 heterocycles. The Bertz CT molecular complexity index is 226. The van der Waals surface area contributed by atoms with Crippen molar-refractivity contribution in [1.82, 2.24) is 0 Å². The Kier molecular flexibility index (Phi) is 4.45. The van der Waals surface area contributed by atoms with Gasteiger partial charge in [-0.2, -0.15) is 0 Å². The fourth-order valence-corrected chi connectivity index (χ4v) is 3.77. The maximum atomic E-state index is 2.42. The zero-order chi connectivity index (χ0) is 11.3. The molecule has 1 aliphatic heterocycles. The van der Waals surface area contributed by atoms with Gasteiger partial charge in [0.1, 0.15) is 0 Å². The third-order valence-electron chi connectivity index (χ3n) is 4.85. The standard InChI is InChI=1S/C15H28N/c1-2-16(13-9-6-10-14-16)15-11-7-4-3-5-8-12-15/h3-4,15H,2,5-14H2,1H3/q+1. The van der Waals surface area contributed by atoms with Crippen LogP contribution in [0.5, 0.6) is 0 Å². The van der Waals surface area contributed by atoms with Crippen LogP contribution in [0.1, 0.15) is 58.3 Å². The third-order valence-corrected chi connectivity index (χ3v) is 4.85. The number of piperidine rings is 1. The van der Waals surface area contributed by atoms with Crippen LogP contribution in [-0.2, 0) is 0 Å². The Labute approximate surface area is 101 Å². The van der Waals surface area contributed by atoms with Gasteiger partial charge in [-0.1, -0.05) is 12.2 Å². The molecule has 0 saturated carbocycles. The van der Waals surface area contributed by atoms with Crippen molar-refractivity contribution < 1.29 is 4.48 Å². The van der Waals surface area contributed by atoms with Gasteiger partial charge in [-0.25, -0.2) is 0 Å². The lowest BCUT2D eigenvalue weighted by Crippen LogP contribution is -2.58. The van der Waals surface area contributed by atoms with Crippen molar-refractivity contribution in [2.75, 3.05) is 19.6 Å². The van der Waals surface area contributed by atoms with E-state index in [0.717, 1.165) is 6.04 Å². The summed E-state index contributed by atoms with van der Waals surface area (Å²) >= 11 is 0. The molecule has 0 spiro atoms. The number of hydrogen-bond acceptors (Lipinski definition) is 0. The summed E-state index contributed by atoms with van der Waals surface area (Å²) in [4.78, 5) is 0. The van der Waals surface area contributed by atoms with E-state index in [-0.39, 0.29) is 0 Å². The van der Waals surface area contributed by atoms with Crippen LogP contribution in [0.25, 0.3) is 0 Å². The van der Waals surface area contributed by atoms with Gasteiger partial charge in [0, 0.05) is 6.42 Å². The van der Waals surface area contributed by atoms with Crippen molar-refractivity contribution >= 4 is 0 Å². The highest BCUT2D eigenvalue weighted by atomic mass is 15.4. The Morgan fingerprint density at radius 3 is 2.44 bits per heavy atom. The molecule has 0 aromatic rings. The van der Waals surface area contributed by atoms with Gasteiger partial charge in [0.05, 0.1) is 25.7 Å². The Morgan fingerprint density at radius 2 is 1.69 bits per heavy atom. The van der Waals surface area contributed by atoms with Gasteiger partial charge in [-0.15, -0.1) is 0 Å². The van der Waals surface area contributed by atoms with Gasteiger partial charge in [0.25, 0.3) is 0 Å². The molecule has 0 amide bonds. The smallest absolute Gasteiger partial charge is 0.0893 e. The zero-order valence-electron chi connectivity index (χ0n) is 11.0. The van der Waals surface area contributed by atoms with E-state index in [0.29, 0.717) is 0 Å². The van der Waals surface area contributed by atoms with Crippen molar-refractivity contribution in [1.29, 1.82) is 0 Å². The van der Waals surface area contributed by atoms with Crippen LogP contribution in [0.2, 0.25) is 0 Å². The molecular formula is C15H28N+. The SMILES string of the molecule is CC[N+]1(C2CCC=CCCC2)CCCCC1. The molecule has 0 aromatic heterocycles. The van der Waals surface area contributed by atoms with Crippen molar-refractivity contribution in [3.05, 3.63) is 12.2 Å². The molecule has 2 aliphatic rings. The van der Waals surface area contributed by atoms with Crippen molar-refractivity contribution in [3.8, 4) is 0 Å². The summed E-state index contributed by atoms with van der Waals surface area (Å²) in [6, 6.07) is 0.968. The molecule has 16 heavy (non-hydrogen) atoms. The van der Waals surface area contributed by atoms with E-state index in [1.54, 1.807) is 0 Å². The summed E-state index contributed by atoms with van der Waals surface area (Å²) in [6.07, 6.45) is 16.2. The molecule has 92 valence electrons. The molecule has 1 nitrogen and oxygen atoms in total. The zero-order valence-corrected chi connectivity index (χ0v) is 11.0. The first-order valence-electron chi connectivity index (χ1n) is 7.38. The highest BCUT2D eigenvalue weighted by Gasteiger charge is 2.35. The predicted molar refractivity (Wildman–Crippen MR) is 70.4 cm³/mol. The topological polar surface area (TPSA) is 0 Å². The predicted octanol–water partition coefficient (Wildman–Crippen LogP) is 3.90. The number of allylic oxidation sites excluding steroid dienone is 2. The minimum atomic E-state index is 0.968. The molecule has 0 aromatic carbocycles. The highest BCUT2D eigenvalue weighted by molar-refractivity contribution is 4.85. The van der Waals surface area contributed by atoms with E-state index in [1.165, 1.54) is 75.5 Å². The number of hydrogen-bond donors (Lipinski definition) is 0. The van der Waals surface area contributed by atoms with E-state index in [1.807, 2.05) is 0 Å². The number of nitrogens with zero attached hydrogens (tertiary/aromatic N) is 1. The van der Waals surface area contributed by atoms with E-state index in [9.17, 15) is 0 Å². The monoisotopic (exact) mass is 222 g/mol. The molecule has 1 saturated heterocycles. The number of quaternary nitrogens is 1.